The fraction of sp³-hybridized carbons (Fsp3) is 0.306. The van der Waals surface area contributed by atoms with Crippen molar-refractivity contribution < 1.29 is 20.1 Å². The summed E-state index contributed by atoms with van der Waals surface area (Å²) < 4.78 is 2.61. The van der Waals surface area contributed by atoms with Crippen LogP contribution in [0.15, 0.2) is 116 Å². The van der Waals surface area contributed by atoms with Gasteiger partial charge < -0.3 is 9.97 Å². The second kappa shape index (κ2) is 17.4. The van der Waals surface area contributed by atoms with Crippen LogP contribution in [0.4, 0.5) is 0 Å². The van der Waals surface area contributed by atoms with Crippen LogP contribution in [0.3, 0.4) is 0 Å². The molecule has 0 bridgehead atoms. The second-order valence-electron chi connectivity index (χ2n) is 16.2. The van der Waals surface area contributed by atoms with Crippen LogP contribution in [0.2, 0.25) is 19.6 Å². The van der Waals surface area contributed by atoms with Crippen LogP contribution < -0.4 is 5.19 Å². The molecule has 3 heterocycles. The van der Waals surface area contributed by atoms with Crippen LogP contribution in [0.1, 0.15) is 74.8 Å². The summed E-state index contributed by atoms with van der Waals surface area (Å²) >= 11 is 1.86. The Morgan fingerprint density at radius 3 is 2.24 bits per heavy atom. The Hall–Kier alpha value is -3.73. The topological polar surface area (TPSA) is 25.8 Å². The standard InChI is InChI=1S/C29H24NS.C20H26NSi.Ir/c1-3-9-20(10-4-1)22-17-18-30-26(19-22)24-16-15-23(21-11-5-2-6-12-21)28-25-13-7-8-14-27(25)31-29(24)28;1-22(2,3)20-15-21-19(17-11-5-4-6-12-17)14-18(20)13-16-9-7-8-10-16;/h2,5-8,11-15,17-20H,1,3-4,9-10H2;4-6,11,14-16H,7-10,13H2,1-3H3;/q2*-1;. The molecule has 54 heavy (non-hydrogen) atoms. The average Bonchev–Trinajstić information content (AvgIpc) is 3.87. The van der Waals surface area contributed by atoms with E-state index in [1.807, 2.05) is 29.7 Å². The Kier molecular flexibility index (Phi) is 12.4. The van der Waals surface area contributed by atoms with Gasteiger partial charge in [0.15, 0.2) is 0 Å². The summed E-state index contributed by atoms with van der Waals surface area (Å²) in [5.74, 6) is 1.56. The molecule has 0 spiro atoms. The van der Waals surface area contributed by atoms with Gasteiger partial charge in [0.25, 0.3) is 0 Å². The predicted octanol–water partition coefficient (Wildman–Crippen LogP) is 13.5. The summed E-state index contributed by atoms with van der Waals surface area (Å²) in [7, 11) is -1.35. The van der Waals surface area contributed by atoms with Crippen LogP contribution >= 0.6 is 11.3 Å². The molecule has 7 aromatic rings. The first-order valence-electron chi connectivity index (χ1n) is 19.8. The van der Waals surface area contributed by atoms with Crippen molar-refractivity contribution in [2.24, 2.45) is 5.92 Å². The predicted molar refractivity (Wildman–Crippen MR) is 230 cm³/mol. The third-order valence-electron chi connectivity index (χ3n) is 11.4. The van der Waals surface area contributed by atoms with E-state index >= 15 is 0 Å². The maximum Gasteiger partial charge on any atom is 0.0798 e. The number of rotatable bonds is 7. The van der Waals surface area contributed by atoms with Crippen molar-refractivity contribution in [3.8, 4) is 33.6 Å². The van der Waals surface area contributed by atoms with Crippen LogP contribution in [0.25, 0.3) is 53.8 Å². The van der Waals surface area contributed by atoms with E-state index in [2.05, 4.69) is 129 Å². The molecule has 2 nitrogen and oxygen atoms in total. The summed E-state index contributed by atoms with van der Waals surface area (Å²) in [6, 6.07) is 43.6. The Morgan fingerprint density at radius 2 is 1.48 bits per heavy atom. The number of pyridine rings is 2. The second-order valence-corrected chi connectivity index (χ2v) is 22.3. The first-order chi connectivity index (χ1) is 25.9. The van der Waals surface area contributed by atoms with Gasteiger partial charge in [-0.05, 0) is 69.9 Å². The molecule has 277 valence electrons. The van der Waals surface area contributed by atoms with Crippen LogP contribution in [-0.2, 0) is 26.5 Å². The van der Waals surface area contributed by atoms with Crippen LogP contribution in [-0.4, -0.2) is 18.0 Å². The van der Waals surface area contributed by atoms with E-state index in [4.69, 9.17) is 9.97 Å². The van der Waals surface area contributed by atoms with Crippen molar-refractivity contribution in [2.45, 2.75) is 89.8 Å². The smallest absolute Gasteiger partial charge is 0.0798 e. The monoisotopic (exact) mass is 919 g/mol. The average molecular weight is 919 g/mol. The summed E-state index contributed by atoms with van der Waals surface area (Å²) in [5, 5.41) is 4.18. The zero-order valence-electron chi connectivity index (χ0n) is 31.8. The van der Waals surface area contributed by atoms with Gasteiger partial charge in [-0.25, -0.2) is 0 Å². The third-order valence-corrected chi connectivity index (χ3v) is 14.7. The SMILES string of the molecule is C[Si](C)(C)c1cnc(-c2[c-]cccc2)cc1CC1CCCC1.[Ir].[c-]1cc(-c2ccccc2)c2c(sc3ccccc32)c1-c1cc(C2CCCCC2)ccn1. The van der Waals surface area contributed by atoms with Gasteiger partial charge in [-0.1, -0.05) is 153 Å². The fourth-order valence-electron chi connectivity index (χ4n) is 8.65. The fourth-order valence-corrected chi connectivity index (χ4v) is 11.5. The van der Waals surface area contributed by atoms with Crippen molar-refractivity contribution in [2.75, 3.05) is 0 Å². The van der Waals surface area contributed by atoms with E-state index in [0.29, 0.717) is 5.92 Å². The maximum atomic E-state index is 4.80. The number of benzene rings is 4. The first-order valence-corrected chi connectivity index (χ1v) is 24.1. The van der Waals surface area contributed by atoms with E-state index in [0.717, 1.165) is 28.4 Å². The van der Waals surface area contributed by atoms with Gasteiger partial charge in [-0.15, -0.1) is 53.6 Å². The van der Waals surface area contributed by atoms with Crippen molar-refractivity contribution in [3.63, 3.8) is 0 Å². The minimum atomic E-state index is -1.35. The summed E-state index contributed by atoms with van der Waals surface area (Å²) in [5.41, 5.74) is 9.86. The van der Waals surface area contributed by atoms with Gasteiger partial charge in [0.05, 0.1) is 8.07 Å². The minimum absolute atomic E-state index is 0. The Morgan fingerprint density at radius 1 is 0.741 bits per heavy atom. The zero-order valence-corrected chi connectivity index (χ0v) is 36.0. The largest absolute Gasteiger partial charge is 0.305 e. The molecule has 2 aliphatic rings. The molecule has 2 fully saturated rings. The Labute approximate surface area is 340 Å². The normalized spacial score (nSPS) is 15.2. The molecule has 4 aromatic carbocycles. The summed E-state index contributed by atoms with van der Waals surface area (Å²) in [4.78, 5) is 9.56. The van der Waals surface area contributed by atoms with Crippen LogP contribution in [0.5, 0.6) is 0 Å². The molecule has 0 N–H and O–H groups in total. The zero-order chi connectivity index (χ0) is 36.2. The van der Waals surface area contributed by atoms with Gasteiger partial charge >= 0.3 is 0 Å². The molecule has 0 saturated heterocycles. The van der Waals surface area contributed by atoms with E-state index < -0.39 is 8.07 Å². The molecule has 0 amide bonds. The molecule has 0 unspecified atom stereocenters. The number of thiophene rings is 1. The molecule has 9 rings (SSSR count). The molecule has 0 atom stereocenters. The quantitative estimate of drug-likeness (QED) is 0.118. The van der Waals surface area contributed by atoms with Crippen molar-refractivity contribution >= 4 is 44.8 Å². The van der Waals surface area contributed by atoms with Crippen molar-refractivity contribution in [3.05, 3.63) is 139 Å². The van der Waals surface area contributed by atoms with E-state index in [-0.39, 0.29) is 20.1 Å². The summed E-state index contributed by atoms with van der Waals surface area (Å²) in [6.07, 6.45) is 17.7. The van der Waals surface area contributed by atoms with Gasteiger partial charge in [-0.2, -0.15) is 11.3 Å². The number of hydrogen-bond donors (Lipinski definition) is 0. The van der Waals surface area contributed by atoms with Gasteiger partial charge in [0.2, 0.25) is 0 Å². The number of aromatic nitrogens is 2. The molecular weight excluding hydrogens is 869 g/mol. The number of hydrogen-bond acceptors (Lipinski definition) is 3. The maximum absolute atomic E-state index is 4.80. The molecule has 3 aromatic heterocycles. The molecule has 5 heteroatoms. The van der Waals surface area contributed by atoms with Gasteiger partial charge in [0.1, 0.15) is 0 Å². The summed E-state index contributed by atoms with van der Waals surface area (Å²) in [6.45, 7) is 7.28. The first kappa shape index (κ1) is 38.5. The molecule has 2 aliphatic carbocycles. The van der Waals surface area contributed by atoms with E-state index in [1.54, 1.807) is 10.8 Å². The third kappa shape index (κ3) is 8.56. The number of nitrogens with zero attached hydrogens (tertiary/aromatic N) is 2. The van der Waals surface area contributed by atoms with Crippen LogP contribution in [0, 0.1) is 18.1 Å². The minimum Gasteiger partial charge on any atom is -0.305 e. The van der Waals surface area contributed by atoms with Crippen molar-refractivity contribution in [1.82, 2.24) is 9.97 Å². The van der Waals surface area contributed by atoms with Gasteiger partial charge in [-0.3, -0.25) is 0 Å². The molecule has 1 radical (unpaired) electrons. The van der Waals surface area contributed by atoms with E-state index in [9.17, 15) is 0 Å². The van der Waals surface area contributed by atoms with Gasteiger partial charge in [0, 0.05) is 37.2 Å². The Bertz CT molecular complexity index is 2300. The molecular formula is C49H50IrN2SSi-2. The molecule has 2 saturated carbocycles. The number of fused-ring (bicyclic) bond motifs is 3. The van der Waals surface area contributed by atoms with Crippen molar-refractivity contribution in [1.29, 1.82) is 0 Å². The van der Waals surface area contributed by atoms with E-state index in [1.165, 1.54) is 101 Å². The molecule has 0 aliphatic heterocycles. The Balaban J connectivity index is 0.000000174.